The van der Waals surface area contributed by atoms with Crippen molar-refractivity contribution in [2.24, 2.45) is 16.7 Å². The first-order valence-electron chi connectivity index (χ1n) is 9.32. The molecule has 3 aliphatic rings. The maximum absolute atomic E-state index is 10.1. The maximum atomic E-state index is 10.1. The van der Waals surface area contributed by atoms with Crippen molar-refractivity contribution < 1.29 is 9.47 Å². The molecule has 136 valence electrons. The van der Waals surface area contributed by atoms with Crippen LogP contribution in [0, 0.1) is 56.2 Å². The van der Waals surface area contributed by atoms with E-state index in [-0.39, 0.29) is 5.90 Å². The number of nitrogens with zero attached hydrogens (tertiary/aromatic N) is 3. The van der Waals surface area contributed by atoms with Gasteiger partial charge >= 0.3 is 0 Å². The molecule has 1 aromatic rings. The van der Waals surface area contributed by atoms with Crippen LogP contribution >= 0.6 is 0 Å². The molecule has 0 spiro atoms. The minimum Gasteiger partial charge on any atom is -0.447 e. The summed E-state index contributed by atoms with van der Waals surface area (Å²) in [6.45, 7) is 0. The molecule has 27 heavy (non-hydrogen) atoms. The second kappa shape index (κ2) is 6.08. The zero-order valence-electron chi connectivity index (χ0n) is 14.9. The van der Waals surface area contributed by atoms with Crippen molar-refractivity contribution >= 4 is 5.90 Å². The smallest absolute Gasteiger partial charge is 0.217 e. The van der Waals surface area contributed by atoms with E-state index >= 15 is 0 Å². The molecule has 2 aliphatic heterocycles. The molecule has 1 aromatic carbocycles. The Labute approximate surface area is 158 Å². The van der Waals surface area contributed by atoms with Gasteiger partial charge in [-0.15, -0.1) is 0 Å². The van der Waals surface area contributed by atoms with E-state index in [0.717, 1.165) is 18.4 Å². The first kappa shape index (κ1) is 17.5. The SMILES string of the molecule is N#CC1(C#N)C(CCc2ccccc2)OC23CCCCC2C1(C#N)C(=N)O3. The maximum Gasteiger partial charge on any atom is 0.217 e. The van der Waals surface area contributed by atoms with E-state index in [0.29, 0.717) is 25.7 Å². The molecular formula is C21H20N4O2. The second-order valence-corrected chi connectivity index (χ2v) is 7.62. The number of rotatable bonds is 3. The van der Waals surface area contributed by atoms with E-state index in [4.69, 9.17) is 14.9 Å². The first-order valence-corrected chi connectivity index (χ1v) is 9.32. The minimum atomic E-state index is -1.75. The number of hydrogen-bond acceptors (Lipinski definition) is 6. The average Bonchev–Trinajstić information content (AvgIpc) is 2.92. The zero-order valence-corrected chi connectivity index (χ0v) is 14.9. The Morgan fingerprint density at radius 1 is 1.07 bits per heavy atom. The lowest BCUT2D eigenvalue weighted by Gasteiger charge is -2.51. The summed E-state index contributed by atoms with van der Waals surface area (Å²) in [5.74, 6) is -1.78. The van der Waals surface area contributed by atoms with E-state index < -0.39 is 28.6 Å². The van der Waals surface area contributed by atoms with Gasteiger partial charge in [-0.1, -0.05) is 36.8 Å². The van der Waals surface area contributed by atoms with Gasteiger partial charge in [0.15, 0.2) is 10.8 Å². The van der Waals surface area contributed by atoms with Gasteiger partial charge in [-0.05, 0) is 31.2 Å². The predicted molar refractivity (Wildman–Crippen MR) is 94.8 cm³/mol. The van der Waals surface area contributed by atoms with Gasteiger partial charge in [0, 0.05) is 6.42 Å². The van der Waals surface area contributed by atoms with Gasteiger partial charge in [-0.25, -0.2) is 0 Å². The third-order valence-electron chi connectivity index (χ3n) is 6.47. The number of ether oxygens (including phenoxy) is 2. The summed E-state index contributed by atoms with van der Waals surface area (Å²) in [6, 6.07) is 16.2. The third-order valence-corrected chi connectivity index (χ3v) is 6.47. The lowest BCUT2D eigenvalue weighted by Crippen LogP contribution is -2.63. The van der Waals surface area contributed by atoms with Crippen molar-refractivity contribution in [1.82, 2.24) is 0 Å². The fourth-order valence-corrected chi connectivity index (χ4v) is 5.18. The Morgan fingerprint density at radius 2 is 1.81 bits per heavy atom. The molecule has 1 aliphatic carbocycles. The predicted octanol–water partition coefficient (Wildman–Crippen LogP) is 3.46. The van der Waals surface area contributed by atoms with Crippen molar-refractivity contribution in [2.75, 3.05) is 0 Å². The lowest BCUT2D eigenvalue weighted by molar-refractivity contribution is -0.292. The Bertz CT molecular complexity index is 879. The zero-order chi connectivity index (χ0) is 19.1. The van der Waals surface area contributed by atoms with Gasteiger partial charge in [-0.2, -0.15) is 15.8 Å². The summed E-state index contributed by atoms with van der Waals surface area (Å²) in [7, 11) is 0. The van der Waals surface area contributed by atoms with Gasteiger partial charge < -0.3 is 9.47 Å². The normalized spacial score (nSPS) is 35.8. The monoisotopic (exact) mass is 360 g/mol. The minimum absolute atomic E-state index is 0.276. The largest absolute Gasteiger partial charge is 0.447 e. The van der Waals surface area contributed by atoms with E-state index in [9.17, 15) is 15.8 Å². The second-order valence-electron chi connectivity index (χ2n) is 7.62. The molecule has 1 N–H and O–H groups in total. The summed E-state index contributed by atoms with van der Waals surface area (Å²) >= 11 is 0. The summed E-state index contributed by atoms with van der Waals surface area (Å²) in [5.41, 5.74) is -2.25. The number of nitrogens with one attached hydrogen (secondary N) is 1. The van der Waals surface area contributed by atoms with Crippen LogP contribution in [-0.2, 0) is 15.9 Å². The molecule has 2 saturated heterocycles. The molecule has 0 amide bonds. The van der Waals surface area contributed by atoms with Crippen molar-refractivity contribution in [3.05, 3.63) is 35.9 Å². The number of nitriles is 3. The fourth-order valence-electron chi connectivity index (χ4n) is 5.18. The molecule has 2 bridgehead atoms. The van der Waals surface area contributed by atoms with E-state index in [2.05, 4.69) is 18.2 Å². The Balaban J connectivity index is 1.79. The summed E-state index contributed by atoms with van der Waals surface area (Å²) in [5, 5.41) is 38.7. The fraction of sp³-hybridized carbons (Fsp3) is 0.524. The highest BCUT2D eigenvalue weighted by Crippen LogP contribution is 2.66. The quantitative estimate of drug-likeness (QED) is 0.886. The van der Waals surface area contributed by atoms with Gasteiger partial charge in [0.25, 0.3) is 0 Å². The topological polar surface area (TPSA) is 114 Å². The van der Waals surface area contributed by atoms with Gasteiger partial charge in [-0.3, -0.25) is 5.41 Å². The van der Waals surface area contributed by atoms with Gasteiger partial charge in [0.1, 0.15) is 0 Å². The molecule has 2 heterocycles. The van der Waals surface area contributed by atoms with Crippen molar-refractivity contribution in [3.63, 3.8) is 0 Å². The Morgan fingerprint density at radius 3 is 2.48 bits per heavy atom. The number of aryl methyl sites for hydroxylation is 1. The van der Waals surface area contributed by atoms with E-state index in [1.165, 1.54) is 0 Å². The molecule has 1 saturated carbocycles. The van der Waals surface area contributed by atoms with Gasteiger partial charge in [0.2, 0.25) is 11.7 Å². The molecule has 6 heteroatoms. The van der Waals surface area contributed by atoms with Crippen molar-refractivity contribution in [3.8, 4) is 18.2 Å². The summed E-state index contributed by atoms with van der Waals surface area (Å²) in [6.07, 6.45) is 3.20. The molecule has 4 atom stereocenters. The molecule has 0 aromatic heterocycles. The Kier molecular flexibility index (Phi) is 3.95. The van der Waals surface area contributed by atoms with E-state index in [1.807, 2.05) is 30.3 Å². The van der Waals surface area contributed by atoms with Crippen LogP contribution in [0.15, 0.2) is 30.3 Å². The average molecular weight is 360 g/mol. The highest BCUT2D eigenvalue weighted by molar-refractivity contribution is 5.89. The van der Waals surface area contributed by atoms with Crippen LogP contribution < -0.4 is 0 Å². The summed E-state index contributed by atoms with van der Waals surface area (Å²) in [4.78, 5) is 0. The third kappa shape index (κ3) is 2.10. The molecule has 4 unspecified atom stereocenters. The van der Waals surface area contributed by atoms with Crippen molar-refractivity contribution in [1.29, 1.82) is 21.2 Å². The number of hydrogen-bond donors (Lipinski definition) is 1. The highest BCUT2D eigenvalue weighted by atomic mass is 16.7. The van der Waals surface area contributed by atoms with Crippen LogP contribution in [0.25, 0.3) is 0 Å². The molecule has 0 radical (unpaired) electrons. The van der Waals surface area contributed by atoms with Crippen LogP contribution in [0.2, 0.25) is 0 Å². The molecule has 4 rings (SSSR count). The van der Waals surface area contributed by atoms with Crippen molar-refractivity contribution in [2.45, 2.75) is 50.4 Å². The van der Waals surface area contributed by atoms with Crippen LogP contribution in [0.1, 0.15) is 37.7 Å². The van der Waals surface area contributed by atoms with Crippen LogP contribution in [0.4, 0.5) is 0 Å². The summed E-state index contributed by atoms with van der Waals surface area (Å²) < 4.78 is 12.2. The van der Waals surface area contributed by atoms with E-state index in [1.54, 1.807) is 0 Å². The molecule has 6 nitrogen and oxygen atoms in total. The van der Waals surface area contributed by atoms with Crippen LogP contribution in [0.5, 0.6) is 0 Å². The lowest BCUT2D eigenvalue weighted by atomic mass is 9.51. The number of benzene rings is 1. The molecular weight excluding hydrogens is 340 g/mol. The van der Waals surface area contributed by atoms with Gasteiger partial charge in [0.05, 0.1) is 30.2 Å². The first-order chi connectivity index (χ1) is 13.1. The molecule has 3 fully saturated rings. The standard InChI is InChI=1S/C21H20N4O2/c22-12-19(13-23)17(10-9-15-6-2-1-3-7-15)26-21-11-5-4-8-16(21)20(19,14-24)18(25)27-21/h1-3,6-7,16-17,25H,4-5,8-11H2. The van der Waals surface area contributed by atoms with Crippen LogP contribution in [0.3, 0.4) is 0 Å². The van der Waals surface area contributed by atoms with Crippen LogP contribution in [-0.4, -0.2) is 17.8 Å². The highest BCUT2D eigenvalue weighted by Gasteiger charge is 2.80. The Hall–Kier alpha value is -2.88.